The molecular formula is C25H25F3N2O3. The molecule has 0 radical (unpaired) electrons. The standard InChI is InChI=1S/C25H25F3N2O3/c26-25(27,28)19-4-1-15(2-5-19)17-3-6-20-18-9-12-30(22(14-18)21(20)13-17)23(31)16-7-10-29(11-8-16)24(32)33/h1-6,13,16,18,22H,7-12,14H2,(H,32,33). The number of benzene rings is 2. The Morgan fingerprint density at radius 3 is 2.18 bits per heavy atom. The van der Waals surface area contributed by atoms with Crippen molar-refractivity contribution in [2.75, 3.05) is 19.6 Å². The molecule has 2 aromatic rings. The van der Waals surface area contributed by atoms with Crippen molar-refractivity contribution in [2.45, 2.75) is 43.8 Å². The highest BCUT2D eigenvalue weighted by molar-refractivity contribution is 5.80. The fraction of sp³-hybridized carbons (Fsp3) is 0.440. The average molecular weight is 458 g/mol. The summed E-state index contributed by atoms with van der Waals surface area (Å²) in [6, 6.07) is 11.2. The third kappa shape index (κ3) is 3.96. The molecule has 0 spiro atoms. The van der Waals surface area contributed by atoms with Gasteiger partial charge in [-0.1, -0.05) is 24.3 Å². The fourth-order valence-electron chi connectivity index (χ4n) is 5.63. The van der Waals surface area contributed by atoms with Crippen LogP contribution < -0.4 is 0 Å². The van der Waals surface area contributed by atoms with E-state index in [9.17, 15) is 22.8 Å². The molecule has 2 saturated heterocycles. The number of nitrogens with zero attached hydrogens (tertiary/aromatic N) is 2. The molecule has 1 aliphatic carbocycles. The van der Waals surface area contributed by atoms with Gasteiger partial charge in [-0.05, 0) is 72.1 Å². The maximum atomic E-state index is 13.4. The molecule has 2 aliphatic heterocycles. The molecule has 33 heavy (non-hydrogen) atoms. The van der Waals surface area contributed by atoms with E-state index in [1.165, 1.54) is 22.6 Å². The van der Waals surface area contributed by atoms with Crippen molar-refractivity contribution in [3.05, 3.63) is 59.2 Å². The number of amides is 2. The van der Waals surface area contributed by atoms with Gasteiger partial charge < -0.3 is 14.9 Å². The number of likely N-dealkylation sites (tertiary alicyclic amines) is 2. The lowest BCUT2D eigenvalue weighted by Gasteiger charge is -2.38. The zero-order valence-electron chi connectivity index (χ0n) is 18.0. The van der Waals surface area contributed by atoms with E-state index in [0.29, 0.717) is 44.0 Å². The van der Waals surface area contributed by atoms with Gasteiger partial charge in [0.1, 0.15) is 0 Å². The summed E-state index contributed by atoms with van der Waals surface area (Å²) < 4.78 is 38.7. The molecule has 2 amide bonds. The molecule has 2 unspecified atom stereocenters. The zero-order chi connectivity index (χ0) is 23.3. The van der Waals surface area contributed by atoms with Crippen LogP contribution in [0.15, 0.2) is 42.5 Å². The molecule has 0 saturated carbocycles. The van der Waals surface area contributed by atoms with Crippen LogP contribution in [0.1, 0.15) is 54.3 Å². The Morgan fingerprint density at radius 1 is 0.879 bits per heavy atom. The van der Waals surface area contributed by atoms with E-state index in [1.54, 1.807) is 0 Å². The van der Waals surface area contributed by atoms with Crippen LogP contribution in [0.4, 0.5) is 18.0 Å². The first kappa shape index (κ1) is 21.8. The molecule has 2 heterocycles. The molecule has 2 atom stereocenters. The van der Waals surface area contributed by atoms with Gasteiger partial charge in [-0.15, -0.1) is 0 Å². The quantitative estimate of drug-likeness (QED) is 0.644. The first-order valence-electron chi connectivity index (χ1n) is 11.3. The number of carboxylic acid groups (broad SMARTS) is 1. The second-order valence-corrected chi connectivity index (χ2v) is 9.23. The fourth-order valence-corrected chi connectivity index (χ4v) is 5.63. The highest BCUT2D eigenvalue weighted by Crippen LogP contribution is 2.50. The topological polar surface area (TPSA) is 60.9 Å². The second-order valence-electron chi connectivity index (χ2n) is 9.23. The summed E-state index contributed by atoms with van der Waals surface area (Å²) >= 11 is 0. The molecule has 3 aliphatic rings. The van der Waals surface area contributed by atoms with Gasteiger partial charge >= 0.3 is 12.3 Å². The summed E-state index contributed by atoms with van der Waals surface area (Å²) in [7, 11) is 0. The van der Waals surface area contributed by atoms with Crippen LogP contribution >= 0.6 is 0 Å². The van der Waals surface area contributed by atoms with Gasteiger partial charge in [0.05, 0.1) is 11.6 Å². The third-order valence-corrected chi connectivity index (χ3v) is 7.43. The third-order valence-electron chi connectivity index (χ3n) is 7.43. The predicted molar refractivity (Wildman–Crippen MR) is 116 cm³/mol. The molecule has 2 fully saturated rings. The Balaban J connectivity index is 1.37. The van der Waals surface area contributed by atoms with Crippen LogP contribution in [0.2, 0.25) is 0 Å². The summed E-state index contributed by atoms with van der Waals surface area (Å²) in [4.78, 5) is 27.8. The molecule has 0 aromatic heterocycles. The predicted octanol–water partition coefficient (Wildman–Crippen LogP) is 5.52. The van der Waals surface area contributed by atoms with Crippen molar-refractivity contribution >= 4 is 12.0 Å². The minimum Gasteiger partial charge on any atom is -0.465 e. The normalized spacial score (nSPS) is 22.9. The largest absolute Gasteiger partial charge is 0.465 e. The number of rotatable bonds is 2. The smallest absolute Gasteiger partial charge is 0.416 e. The summed E-state index contributed by atoms with van der Waals surface area (Å²) in [5.41, 5.74) is 3.20. The second kappa shape index (κ2) is 8.08. The number of hydrogen-bond acceptors (Lipinski definition) is 2. The van der Waals surface area contributed by atoms with Crippen LogP contribution in [-0.4, -0.2) is 46.5 Å². The number of piperidine rings is 2. The number of alkyl halides is 3. The first-order chi connectivity index (χ1) is 15.7. The molecule has 174 valence electrons. The minimum absolute atomic E-state index is 0.0295. The average Bonchev–Trinajstić information content (AvgIpc) is 3.09. The van der Waals surface area contributed by atoms with Gasteiger partial charge in [0.25, 0.3) is 0 Å². The summed E-state index contributed by atoms with van der Waals surface area (Å²) in [6.45, 7) is 1.43. The molecule has 8 heteroatoms. The molecule has 1 N–H and O–H groups in total. The van der Waals surface area contributed by atoms with Crippen molar-refractivity contribution in [2.24, 2.45) is 5.92 Å². The number of carbonyl (C=O) groups is 2. The van der Waals surface area contributed by atoms with Crippen molar-refractivity contribution in [1.29, 1.82) is 0 Å². The Hall–Kier alpha value is -3.03. The molecular weight excluding hydrogens is 433 g/mol. The summed E-state index contributed by atoms with van der Waals surface area (Å²) in [6.07, 6.45) is -2.47. The van der Waals surface area contributed by atoms with Gasteiger partial charge in [-0.3, -0.25) is 4.79 Å². The SMILES string of the molecule is O=C(O)N1CCC(C(=O)N2CCC3CC2c2cc(-c4ccc(C(F)(F)F)cc4)ccc23)CC1. The van der Waals surface area contributed by atoms with E-state index < -0.39 is 17.8 Å². The monoisotopic (exact) mass is 458 g/mol. The molecule has 2 bridgehead atoms. The minimum atomic E-state index is -4.37. The van der Waals surface area contributed by atoms with Crippen LogP contribution in [0.3, 0.4) is 0 Å². The number of fused-ring (bicyclic) bond motifs is 5. The first-order valence-corrected chi connectivity index (χ1v) is 11.3. The van der Waals surface area contributed by atoms with E-state index in [0.717, 1.165) is 36.1 Å². The molecule has 5 nitrogen and oxygen atoms in total. The lowest BCUT2D eigenvalue weighted by molar-refractivity contribution is -0.141. The lowest BCUT2D eigenvalue weighted by atomic mass is 9.91. The van der Waals surface area contributed by atoms with E-state index in [-0.39, 0.29) is 17.9 Å². The number of carbonyl (C=O) groups excluding carboxylic acids is 1. The van der Waals surface area contributed by atoms with E-state index in [1.807, 2.05) is 17.0 Å². The Kier molecular flexibility index (Phi) is 5.34. The van der Waals surface area contributed by atoms with Crippen molar-refractivity contribution < 1.29 is 27.9 Å². The summed E-state index contributed by atoms with van der Waals surface area (Å²) in [5, 5.41) is 9.16. The van der Waals surface area contributed by atoms with Gasteiger partial charge in [-0.2, -0.15) is 13.2 Å². The highest BCUT2D eigenvalue weighted by Gasteiger charge is 2.43. The Morgan fingerprint density at radius 2 is 1.55 bits per heavy atom. The van der Waals surface area contributed by atoms with Gasteiger partial charge in [-0.25, -0.2) is 4.79 Å². The van der Waals surface area contributed by atoms with Crippen molar-refractivity contribution in [1.82, 2.24) is 9.80 Å². The van der Waals surface area contributed by atoms with Crippen molar-refractivity contribution in [3.8, 4) is 11.1 Å². The highest BCUT2D eigenvalue weighted by atomic mass is 19.4. The Bertz CT molecular complexity index is 1080. The van der Waals surface area contributed by atoms with E-state index in [2.05, 4.69) is 6.07 Å². The van der Waals surface area contributed by atoms with E-state index in [4.69, 9.17) is 5.11 Å². The van der Waals surface area contributed by atoms with E-state index >= 15 is 0 Å². The van der Waals surface area contributed by atoms with Crippen LogP contribution in [0.25, 0.3) is 11.1 Å². The number of halogens is 3. The van der Waals surface area contributed by atoms with Crippen LogP contribution in [0.5, 0.6) is 0 Å². The lowest BCUT2D eigenvalue weighted by Crippen LogP contribution is -2.46. The summed E-state index contributed by atoms with van der Waals surface area (Å²) in [5.74, 6) is 0.320. The Labute approximate surface area is 189 Å². The zero-order valence-corrected chi connectivity index (χ0v) is 18.0. The van der Waals surface area contributed by atoms with Crippen molar-refractivity contribution in [3.63, 3.8) is 0 Å². The van der Waals surface area contributed by atoms with Gasteiger partial charge in [0, 0.05) is 25.6 Å². The molecule has 5 rings (SSSR count). The maximum absolute atomic E-state index is 13.4. The molecule has 2 aromatic carbocycles. The maximum Gasteiger partial charge on any atom is 0.416 e. The van der Waals surface area contributed by atoms with Gasteiger partial charge in [0.2, 0.25) is 5.91 Å². The van der Waals surface area contributed by atoms with Crippen LogP contribution in [0, 0.1) is 5.92 Å². The van der Waals surface area contributed by atoms with Crippen LogP contribution in [-0.2, 0) is 11.0 Å². The van der Waals surface area contributed by atoms with Gasteiger partial charge in [0.15, 0.2) is 0 Å². The number of hydrogen-bond donors (Lipinski definition) is 1.